The average Bonchev–Trinajstić information content (AvgIpc) is 2.86. The van der Waals surface area contributed by atoms with E-state index in [9.17, 15) is 0 Å². The molecule has 8 N–H and O–H groups in total. The molecule has 1 heterocycles. The smallest absolute Gasteiger partial charge is 0.373 e. The molecule has 0 aromatic heterocycles. The first kappa shape index (κ1) is 42.0. The maximum absolute atomic E-state index is 8.49. The molecule has 2 unspecified atom stereocenters. The van der Waals surface area contributed by atoms with Crippen molar-refractivity contribution >= 4 is 60.3 Å². The first-order valence-electron chi connectivity index (χ1n) is 12.7. The van der Waals surface area contributed by atoms with E-state index in [2.05, 4.69) is 47.9 Å². The molecule has 0 saturated carbocycles. The summed E-state index contributed by atoms with van der Waals surface area (Å²) in [7, 11) is -9.89. The van der Waals surface area contributed by atoms with E-state index in [0.29, 0.717) is 13.2 Å². The van der Waals surface area contributed by atoms with Crippen LogP contribution >= 0.6 is 0 Å². The molecule has 42 heavy (non-hydrogen) atoms. The molecule has 1 fully saturated rings. The van der Waals surface area contributed by atoms with E-state index < -0.39 is 20.5 Å². The Kier molecular flexibility index (Phi) is 23.3. The summed E-state index contributed by atoms with van der Waals surface area (Å²) in [6.07, 6.45) is 0. The van der Waals surface area contributed by atoms with Crippen molar-refractivity contribution in [3.05, 3.63) is 59.7 Å². The molecule has 0 radical (unpaired) electrons. The maximum Gasteiger partial charge on any atom is 2.00 e. The van der Waals surface area contributed by atoms with E-state index in [4.69, 9.17) is 51.5 Å². The van der Waals surface area contributed by atoms with Gasteiger partial charge in [-0.05, 0) is 24.3 Å². The fraction of sp³-hybridized carbons (Fsp3) is 0.500. The Labute approximate surface area is 289 Å². The molecule has 1 aliphatic heterocycles. The molecular weight excluding hydrogens is 729 g/mol. The second-order valence-electron chi connectivity index (χ2n) is 8.98. The number of halogens is 2. The minimum atomic E-state index is -4.94. The molecule has 1 aliphatic rings. The number of hydrogen-bond donors (Lipinski definition) is 4. The average molecular weight is 769 g/mol. The van der Waals surface area contributed by atoms with Gasteiger partial charge in [0.1, 0.15) is 50.6 Å². The van der Waals surface area contributed by atoms with E-state index in [1.165, 1.54) is 20.9 Å². The van der Waals surface area contributed by atoms with Gasteiger partial charge in [0.25, 0.3) is 0 Å². The molecule has 3 rings (SSSR count). The minimum Gasteiger partial charge on any atom is -0.373 e. The van der Waals surface area contributed by atoms with Crippen molar-refractivity contribution in [2.24, 2.45) is 0 Å². The van der Waals surface area contributed by atoms with Crippen LogP contribution in [0.15, 0.2) is 48.5 Å². The molecule has 0 bridgehead atoms. The predicted octanol–water partition coefficient (Wildman–Crippen LogP) is -11.9. The predicted molar refractivity (Wildman–Crippen MR) is 125 cm³/mol. The summed E-state index contributed by atoms with van der Waals surface area (Å²) >= 11 is 0. The summed E-state index contributed by atoms with van der Waals surface area (Å²) in [5, 5.41) is 0. The maximum atomic E-state index is 8.49. The van der Waals surface area contributed by atoms with Gasteiger partial charge in [-0.1, -0.05) is 24.3 Å². The number of ether oxygens (including phenoxy) is 3. The van der Waals surface area contributed by atoms with Crippen LogP contribution in [0.1, 0.15) is 11.1 Å². The standard InChI is InChI=1S/C24H36N4O3.Ba.2ClHO4/c25-23-7-3-1-5-21(23)19-27-9-13-29-14-10-28(12-16-31-18-17-30-15-11-27)20-22-6-2-4-8-24(22)26;;2*2-1(3,4)5/h1-8H,9-20,25-26H2;;2*(H,2,3,4,5)/q;+2;;/p+2. The normalized spacial score (nSPS) is 19.4. The fourth-order valence-corrected chi connectivity index (χ4v) is 3.89. The zero-order valence-corrected chi connectivity index (χ0v) is 29.4. The molecule has 2 aromatic carbocycles. The third-order valence-corrected chi connectivity index (χ3v) is 5.89. The van der Waals surface area contributed by atoms with Gasteiger partial charge in [-0.15, -0.1) is 20.5 Å². The molecular formula is C24H40BaCl2N4O11+4. The molecule has 2 atom stereocenters. The van der Waals surface area contributed by atoms with Crippen molar-refractivity contribution in [1.29, 1.82) is 0 Å². The summed E-state index contributed by atoms with van der Waals surface area (Å²) in [4.78, 5) is 2.92. The van der Waals surface area contributed by atoms with Gasteiger partial charge in [0, 0.05) is 0 Å². The first-order valence-corrected chi connectivity index (χ1v) is 15.1. The Morgan fingerprint density at radius 2 is 0.786 bits per heavy atom. The third kappa shape index (κ3) is 25.3. The fourth-order valence-electron chi connectivity index (χ4n) is 3.89. The van der Waals surface area contributed by atoms with Gasteiger partial charge in [0.2, 0.25) is 0 Å². The van der Waals surface area contributed by atoms with Crippen LogP contribution in [0.4, 0.5) is 11.4 Å². The van der Waals surface area contributed by atoms with Crippen LogP contribution in [0.5, 0.6) is 0 Å². The van der Waals surface area contributed by atoms with Crippen LogP contribution in [0.25, 0.3) is 0 Å². The second-order valence-corrected chi connectivity index (χ2v) is 10.5. The Hall–Kier alpha value is -0.00857. The van der Waals surface area contributed by atoms with E-state index >= 15 is 0 Å². The van der Waals surface area contributed by atoms with Crippen molar-refractivity contribution in [2.75, 3.05) is 65.8 Å². The van der Waals surface area contributed by atoms with Gasteiger partial charge in [-0.25, -0.2) is 37.3 Å². The summed E-state index contributed by atoms with van der Waals surface area (Å²) in [6.45, 7) is 9.99. The van der Waals surface area contributed by atoms with Crippen molar-refractivity contribution in [3.8, 4) is 0 Å². The van der Waals surface area contributed by atoms with Crippen molar-refractivity contribution in [3.63, 3.8) is 0 Å². The summed E-state index contributed by atoms with van der Waals surface area (Å²) < 4.78 is 85.7. The van der Waals surface area contributed by atoms with Crippen LogP contribution in [0.2, 0.25) is 0 Å². The molecule has 1 saturated heterocycles. The summed E-state index contributed by atoms with van der Waals surface area (Å²) in [5.74, 6) is 0. The summed E-state index contributed by atoms with van der Waals surface area (Å²) in [5.41, 5.74) is 13.1. The van der Waals surface area contributed by atoms with E-state index in [1.807, 2.05) is 12.1 Å². The van der Waals surface area contributed by atoms with Crippen LogP contribution in [0, 0.1) is 20.5 Å². The van der Waals surface area contributed by atoms with Gasteiger partial charge < -0.3 is 35.5 Å². The van der Waals surface area contributed by atoms with Crippen LogP contribution in [-0.4, -0.2) is 115 Å². The van der Waals surface area contributed by atoms with Gasteiger partial charge in [0.15, 0.2) is 0 Å². The molecule has 2 aromatic rings. The Balaban J connectivity index is 0.00000132. The third-order valence-electron chi connectivity index (χ3n) is 5.89. The second kappa shape index (κ2) is 23.3. The Bertz CT molecular complexity index is 887. The molecule has 0 spiro atoms. The minimum absolute atomic E-state index is 0. The number of nitrogens with one attached hydrogen (secondary N) is 2. The largest absolute Gasteiger partial charge is 2.00 e. The molecule has 234 valence electrons. The zero-order chi connectivity index (χ0) is 30.7. The monoisotopic (exact) mass is 768 g/mol. The van der Waals surface area contributed by atoms with Crippen molar-refractivity contribution < 1.29 is 93.2 Å². The van der Waals surface area contributed by atoms with Crippen molar-refractivity contribution in [1.82, 2.24) is 0 Å². The molecule has 15 nitrogen and oxygen atoms in total. The van der Waals surface area contributed by atoms with Gasteiger partial charge >= 0.3 is 48.9 Å². The summed E-state index contributed by atoms with van der Waals surface area (Å²) in [6, 6.07) is 16.7. The topological polar surface area (TPSA) is 276 Å². The van der Waals surface area contributed by atoms with Gasteiger partial charge in [-0.2, -0.15) is 0 Å². The number of hydrogen-bond acceptors (Lipinski definition) is 11. The Morgan fingerprint density at radius 1 is 0.524 bits per heavy atom. The number of benzene rings is 2. The van der Waals surface area contributed by atoms with E-state index in [-0.39, 0.29) is 48.9 Å². The quantitative estimate of drug-likeness (QED) is 0.212. The first-order chi connectivity index (χ1) is 19.2. The molecule has 0 amide bonds. The molecule has 0 aliphatic carbocycles. The zero-order valence-electron chi connectivity index (χ0n) is 23.5. The van der Waals surface area contributed by atoms with E-state index in [1.54, 1.807) is 0 Å². The number of rotatable bonds is 4. The molecule has 18 heteroatoms. The Morgan fingerprint density at radius 3 is 1.07 bits per heavy atom. The SMILES string of the molecule is [Ba+2].[NH3+]c1ccccc1C[NH+]1CCOCCOCC[NH+](Cc2ccccc2[NH3+])CCOCC1.[O-][Cl+3]([O-])([O-])[O-].[O-][Cl+3]([O-])([O-])[O-]. The van der Waals surface area contributed by atoms with Crippen LogP contribution in [0.3, 0.4) is 0 Å². The van der Waals surface area contributed by atoms with Gasteiger partial charge in [0.05, 0.1) is 50.8 Å². The van der Waals surface area contributed by atoms with Crippen LogP contribution < -0.4 is 58.5 Å². The number of quaternary nitrogens is 4. The van der Waals surface area contributed by atoms with Crippen LogP contribution in [-0.2, 0) is 27.3 Å². The van der Waals surface area contributed by atoms with Gasteiger partial charge in [-0.3, -0.25) is 0 Å². The van der Waals surface area contributed by atoms with Crippen molar-refractivity contribution in [2.45, 2.75) is 13.1 Å². The van der Waals surface area contributed by atoms with E-state index in [0.717, 1.165) is 77.1 Å².